The highest BCUT2D eigenvalue weighted by Gasteiger charge is 2.25. The molecular formula is C26H30F4N4O3. The van der Waals surface area contributed by atoms with Crippen LogP contribution >= 0.6 is 0 Å². The number of hydrogen-bond acceptors (Lipinski definition) is 3. The van der Waals surface area contributed by atoms with Crippen LogP contribution in [0.5, 0.6) is 5.75 Å². The van der Waals surface area contributed by atoms with Gasteiger partial charge in [-0.1, -0.05) is 38.2 Å². The Hall–Kier alpha value is -3.63. The SMILES string of the molecule is COc1cc(CNC(=O)C(CC2CCCCC2)NC(N)=NC(=O)Cc2c(F)cc(F)cc2F)ccc1F. The van der Waals surface area contributed by atoms with Crippen molar-refractivity contribution in [1.29, 1.82) is 0 Å². The Morgan fingerprint density at radius 2 is 1.73 bits per heavy atom. The summed E-state index contributed by atoms with van der Waals surface area (Å²) in [6.07, 6.45) is 4.77. The molecule has 2 aromatic rings. The summed E-state index contributed by atoms with van der Waals surface area (Å²) in [6.45, 7) is 0.0947. The number of benzene rings is 2. The van der Waals surface area contributed by atoms with Gasteiger partial charge in [-0.25, -0.2) is 17.6 Å². The van der Waals surface area contributed by atoms with E-state index in [2.05, 4.69) is 15.6 Å². The van der Waals surface area contributed by atoms with E-state index in [-0.39, 0.29) is 24.2 Å². The largest absolute Gasteiger partial charge is 0.494 e. The Morgan fingerprint density at radius 3 is 2.38 bits per heavy atom. The molecule has 0 radical (unpaired) electrons. The van der Waals surface area contributed by atoms with E-state index in [1.807, 2.05) is 0 Å². The van der Waals surface area contributed by atoms with Gasteiger partial charge in [0, 0.05) is 24.2 Å². The van der Waals surface area contributed by atoms with Gasteiger partial charge in [-0.05, 0) is 30.0 Å². The molecule has 0 aliphatic heterocycles. The third-order valence-corrected chi connectivity index (χ3v) is 6.29. The first-order chi connectivity index (χ1) is 17.7. The van der Waals surface area contributed by atoms with Crippen LogP contribution in [0.1, 0.15) is 49.7 Å². The predicted octanol–water partition coefficient (Wildman–Crippen LogP) is 3.88. The van der Waals surface area contributed by atoms with E-state index in [1.165, 1.54) is 25.3 Å². The van der Waals surface area contributed by atoms with Crippen molar-refractivity contribution in [2.75, 3.05) is 7.11 Å². The summed E-state index contributed by atoms with van der Waals surface area (Å²) in [4.78, 5) is 28.9. The molecule has 1 atom stereocenters. The summed E-state index contributed by atoms with van der Waals surface area (Å²) in [5.74, 6) is -5.50. The molecule has 1 saturated carbocycles. The summed E-state index contributed by atoms with van der Waals surface area (Å²) < 4.78 is 59.5. The summed E-state index contributed by atoms with van der Waals surface area (Å²) >= 11 is 0. The van der Waals surface area contributed by atoms with Crippen LogP contribution in [0.4, 0.5) is 17.6 Å². The summed E-state index contributed by atoms with van der Waals surface area (Å²) in [6, 6.07) is 4.34. The molecule has 0 bridgehead atoms. The van der Waals surface area contributed by atoms with Crippen LogP contribution in [0, 0.1) is 29.2 Å². The average molecular weight is 523 g/mol. The fourth-order valence-electron chi connectivity index (χ4n) is 4.39. The van der Waals surface area contributed by atoms with Gasteiger partial charge in [-0.2, -0.15) is 4.99 Å². The zero-order chi connectivity index (χ0) is 26.9. The van der Waals surface area contributed by atoms with Gasteiger partial charge >= 0.3 is 0 Å². The molecule has 1 aliphatic carbocycles. The molecular weight excluding hydrogens is 492 g/mol. The molecule has 1 fully saturated rings. The van der Waals surface area contributed by atoms with E-state index in [9.17, 15) is 27.2 Å². The lowest BCUT2D eigenvalue weighted by Gasteiger charge is -2.27. The van der Waals surface area contributed by atoms with Crippen molar-refractivity contribution >= 4 is 17.8 Å². The zero-order valence-electron chi connectivity index (χ0n) is 20.5. The van der Waals surface area contributed by atoms with Gasteiger partial charge < -0.3 is 21.1 Å². The molecule has 4 N–H and O–H groups in total. The number of halogens is 4. The van der Waals surface area contributed by atoms with Gasteiger partial charge in [0.05, 0.1) is 13.5 Å². The minimum Gasteiger partial charge on any atom is -0.494 e. The Balaban J connectivity index is 1.68. The summed E-state index contributed by atoms with van der Waals surface area (Å²) in [5, 5.41) is 5.52. The first kappa shape index (κ1) is 27.9. The van der Waals surface area contributed by atoms with E-state index in [1.54, 1.807) is 0 Å². The fraction of sp³-hybridized carbons (Fsp3) is 0.423. The lowest BCUT2D eigenvalue weighted by Crippen LogP contribution is -2.50. The Labute approximate surface area is 212 Å². The highest BCUT2D eigenvalue weighted by Crippen LogP contribution is 2.27. The van der Waals surface area contributed by atoms with Gasteiger partial charge in [0.25, 0.3) is 5.91 Å². The van der Waals surface area contributed by atoms with Gasteiger partial charge in [0.15, 0.2) is 17.5 Å². The van der Waals surface area contributed by atoms with Crippen molar-refractivity contribution in [2.45, 2.75) is 57.5 Å². The van der Waals surface area contributed by atoms with Gasteiger partial charge in [-0.3, -0.25) is 9.59 Å². The van der Waals surface area contributed by atoms with Gasteiger partial charge in [-0.15, -0.1) is 0 Å². The second-order valence-electron chi connectivity index (χ2n) is 9.04. The maximum absolute atomic E-state index is 13.9. The van der Waals surface area contributed by atoms with Crippen LogP contribution in [-0.4, -0.2) is 30.9 Å². The number of carbonyl (C=O) groups excluding carboxylic acids is 2. The van der Waals surface area contributed by atoms with E-state index in [0.717, 1.165) is 32.1 Å². The number of guanidine groups is 1. The van der Waals surface area contributed by atoms with Crippen molar-refractivity contribution in [3.05, 3.63) is 64.7 Å². The van der Waals surface area contributed by atoms with E-state index >= 15 is 0 Å². The van der Waals surface area contributed by atoms with Gasteiger partial charge in [0.2, 0.25) is 5.91 Å². The van der Waals surface area contributed by atoms with Crippen LogP contribution < -0.4 is 21.1 Å². The number of ether oxygens (including phenoxy) is 1. The third-order valence-electron chi connectivity index (χ3n) is 6.29. The molecule has 1 unspecified atom stereocenters. The minimum atomic E-state index is -1.21. The Bertz CT molecular complexity index is 1130. The molecule has 200 valence electrons. The molecule has 3 rings (SSSR count). The maximum Gasteiger partial charge on any atom is 0.253 e. The number of amides is 2. The van der Waals surface area contributed by atoms with Crippen molar-refractivity contribution < 1.29 is 31.9 Å². The van der Waals surface area contributed by atoms with Crippen LogP contribution in [0.2, 0.25) is 0 Å². The Kier molecular flexibility index (Phi) is 9.87. The molecule has 0 aromatic heterocycles. The van der Waals surface area contributed by atoms with E-state index < -0.39 is 53.1 Å². The number of nitrogens with two attached hydrogens (primary N) is 1. The standard InChI is InChI=1S/C26H30F4N4O3/c1-37-23-10-16(7-8-19(23)28)14-32-25(36)22(9-15-5-3-2-4-6-15)33-26(31)34-24(35)13-18-20(29)11-17(27)12-21(18)30/h7-8,10-12,15,22H,2-6,9,13-14H2,1H3,(H,32,36)(H3,31,33,34,35). The normalized spacial score (nSPS) is 15.2. The van der Waals surface area contributed by atoms with Crippen molar-refractivity contribution in [3.8, 4) is 5.75 Å². The fourth-order valence-corrected chi connectivity index (χ4v) is 4.39. The summed E-state index contributed by atoms with van der Waals surface area (Å²) in [5.41, 5.74) is 5.85. The van der Waals surface area contributed by atoms with Crippen LogP contribution in [0.25, 0.3) is 0 Å². The molecule has 7 nitrogen and oxygen atoms in total. The summed E-state index contributed by atoms with van der Waals surface area (Å²) in [7, 11) is 1.34. The number of rotatable bonds is 9. The van der Waals surface area contributed by atoms with Crippen molar-refractivity contribution in [3.63, 3.8) is 0 Å². The maximum atomic E-state index is 13.9. The number of carbonyl (C=O) groups is 2. The highest BCUT2D eigenvalue weighted by molar-refractivity contribution is 5.95. The Morgan fingerprint density at radius 1 is 1.05 bits per heavy atom. The molecule has 37 heavy (non-hydrogen) atoms. The highest BCUT2D eigenvalue weighted by atomic mass is 19.1. The molecule has 1 aliphatic rings. The number of aliphatic imine (C=N–C) groups is 1. The number of nitrogens with zero attached hydrogens (tertiary/aromatic N) is 1. The van der Waals surface area contributed by atoms with E-state index in [4.69, 9.17) is 10.5 Å². The second kappa shape index (κ2) is 13.1. The zero-order valence-corrected chi connectivity index (χ0v) is 20.5. The van der Waals surface area contributed by atoms with Gasteiger partial charge in [0.1, 0.15) is 23.5 Å². The molecule has 0 heterocycles. The smallest absolute Gasteiger partial charge is 0.253 e. The molecule has 11 heteroatoms. The molecule has 0 spiro atoms. The molecule has 0 saturated heterocycles. The second-order valence-corrected chi connectivity index (χ2v) is 9.04. The number of nitrogens with one attached hydrogen (secondary N) is 2. The number of hydrogen-bond donors (Lipinski definition) is 3. The quantitative estimate of drug-likeness (QED) is 0.263. The molecule has 2 aromatic carbocycles. The monoisotopic (exact) mass is 522 g/mol. The van der Waals surface area contributed by atoms with Crippen LogP contribution in [-0.2, 0) is 22.6 Å². The predicted molar refractivity (Wildman–Crippen MR) is 130 cm³/mol. The number of methoxy groups -OCH3 is 1. The first-order valence-electron chi connectivity index (χ1n) is 12.0. The van der Waals surface area contributed by atoms with Crippen molar-refractivity contribution in [2.24, 2.45) is 16.6 Å². The average Bonchev–Trinajstić information content (AvgIpc) is 2.85. The topological polar surface area (TPSA) is 106 Å². The van der Waals surface area contributed by atoms with Crippen LogP contribution in [0.15, 0.2) is 35.3 Å². The third kappa shape index (κ3) is 8.19. The van der Waals surface area contributed by atoms with E-state index in [0.29, 0.717) is 24.1 Å². The van der Waals surface area contributed by atoms with Crippen LogP contribution in [0.3, 0.4) is 0 Å². The first-order valence-corrected chi connectivity index (χ1v) is 12.0. The minimum absolute atomic E-state index is 0.0487. The van der Waals surface area contributed by atoms with Crippen molar-refractivity contribution in [1.82, 2.24) is 10.6 Å². The lowest BCUT2D eigenvalue weighted by atomic mass is 9.84. The molecule has 2 amide bonds. The lowest BCUT2D eigenvalue weighted by molar-refractivity contribution is -0.123.